The maximum absolute atomic E-state index is 11.8. The quantitative estimate of drug-likeness (QED) is 0.839. The molecule has 0 aliphatic carbocycles. The summed E-state index contributed by atoms with van der Waals surface area (Å²) in [5, 5.41) is 4.37. The van der Waals surface area contributed by atoms with E-state index in [2.05, 4.69) is 5.10 Å². The number of nitrogen functional groups attached to an aromatic ring is 1. The Morgan fingerprint density at radius 2 is 2.00 bits per heavy atom. The Morgan fingerprint density at radius 3 is 2.44 bits per heavy atom. The predicted molar refractivity (Wildman–Crippen MR) is 73.6 cm³/mol. The van der Waals surface area contributed by atoms with Gasteiger partial charge in [-0.3, -0.25) is 4.79 Å². The van der Waals surface area contributed by atoms with Gasteiger partial charge in [0.05, 0.1) is 17.9 Å². The molecule has 18 heavy (non-hydrogen) atoms. The lowest BCUT2D eigenvalue weighted by Crippen LogP contribution is -2.38. The summed E-state index contributed by atoms with van der Waals surface area (Å²) in [5.74, 6) is 0.894. The van der Waals surface area contributed by atoms with Crippen molar-refractivity contribution >= 4 is 17.4 Å². The summed E-state index contributed by atoms with van der Waals surface area (Å²) in [7, 11) is 3.50. The van der Waals surface area contributed by atoms with E-state index in [4.69, 9.17) is 5.73 Å². The number of anilines is 2. The van der Waals surface area contributed by atoms with Crippen LogP contribution in [-0.4, -0.2) is 47.8 Å². The minimum Gasteiger partial charge on any atom is -0.394 e. The van der Waals surface area contributed by atoms with Crippen LogP contribution in [0.1, 0.15) is 19.5 Å². The normalized spacial score (nSPS) is 10.5. The van der Waals surface area contributed by atoms with Crippen LogP contribution < -0.4 is 10.6 Å². The second-order valence-corrected chi connectivity index (χ2v) is 4.44. The van der Waals surface area contributed by atoms with Crippen LogP contribution in [0, 0.1) is 6.92 Å². The molecular formula is C12H23N5O. The van der Waals surface area contributed by atoms with Gasteiger partial charge in [0.1, 0.15) is 0 Å². The molecule has 6 nitrogen and oxygen atoms in total. The molecule has 0 unspecified atom stereocenters. The zero-order valence-corrected chi connectivity index (χ0v) is 11.9. The van der Waals surface area contributed by atoms with Gasteiger partial charge in [-0.25, -0.2) is 4.68 Å². The van der Waals surface area contributed by atoms with E-state index < -0.39 is 0 Å². The van der Waals surface area contributed by atoms with Gasteiger partial charge in [-0.1, -0.05) is 0 Å². The van der Waals surface area contributed by atoms with Crippen molar-refractivity contribution in [3.63, 3.8) is 0 Å². The van der Waals surface area contributed by atoms with E-state index in [9.17, 15) is 4.79 Å². The second-order valence-electron chi connectivity index (χ2n) is 4.44. The average Bonchev–Trinajstić information content (AvgIpc) is 2.62. The maximum atomic E-state index is 11.8. The summed E-state index contributed by atoms with van der Waals surface area (Å²) in [4.78, 5) is 15.4. The molecule has 1 aromatic heterocycles. The number of nitrogens with zero attached hydrogens (tertiary/aromatic N) is 4. The molecule has 0 atom stereocenters. The highest BCUT2D eigenvalue weighted by Gasteiger charge is 2.20. The fourth-order valence-corrected chi connectivity index (χ4v) is 1.78. The number of likely N-dealkylation sites (N-methyl/N-ethyl adjacent to an activating group) is 2. The monoisotopic (exact) mass is 253 g/mol. The van der Waals surface area contributed by atoms with Crippen LogP contribution in [-0.2, 0) is 11.3 Å². The highest BCUT2D eigenvalue weighted by atomic mass is 16.2. The minimum atomic E-state index is 0.0535. The summed E-state index contributed by atoms with van der Waals surface area (Å²) >= 11 is 0. The molecule has 0 bridgehead atoms. The first kappa shape index (κ1) is 14.3. The van der Waals surface area contributed by atoms with Crippen molar-refractivity contribution in [1.82, 2.24) is 14.7 Å². The van der Waals surface area contributed by atoms with Crippen LogP contribution in [0.3, 0.4) is 0 Å². The fourth-order valence-electron chi connectivity index (χ4n) is 1.78. The Labute approximate surface area is 108 Å². The molecule has 0 fully saturated rings. The van der Waals surface area contributed by atoms with Crippen molar-refractivity contribution in [3.05, 3.63) is 5.69 Å². The van der Waals surface area contributed by atoms with Crippen molar-refractivity contribution in [2.24, 2.45) is 0 Å². The smallest absolute Gasteiger partial charge is 0.241 e. The van der Waals surface area contributed by atoms with Crippen LogP contribution in [0.5, 0.6) is 0 Å². The van der Waals surface area contributed by atoms with Crippen molar-refractivity contribution in [2.75, 3.05) is 37.8 Å². The molecule has 6 heteroatoms. The van der Waals surface area contributed by atoms with Gasteiger partial charge in [0, 0.05) is 27.2 Å². The third kappa shape index (κ3) is 2.75. The summed E-state index contributed by atoms with van der Waals surface area (Å²) in [6, 6.07) is 0. The SMILES string of the molecule is CCN(CC(=O)N(C)C)c1c(N)c(C)nn1CC. The van der Waals surface area contributed by atoms with Gasteiger partial charge < -0.3 is 15.5 Å². The molecule has 0 aliphatic rings. The summed E-state index contributed by atoms with van der Waals surface area (Å²) < 4.78 is 1.84. The number of nitrogens with two attached hydrogens (primary N) is 1. The van der Waals surface area contributed by atoms with Crippen LogP contribution in [0.4, 0.5) is 11.5 Å². The Balaban J connectivity index is 3.05. The van der Waals surface area contributed by atoms with Gasteiger partial charge in [0.2, 0.25) is 5.91 Å². The molecule has 1 rings (SSSR count). The molecule has 0 radical (unpaired) electrons. The van der Waals surface area contributed by atoms with Crippen molar-refractivity contribution in [3.8, 4) is 0 Å². The number of hydrogen-bond donors (Lipinski definition) is 1. The predicted octanol–water partition coefficient (Wildman–Crippen LogP) is 0.708. The van der Waals surface area contributed by atoms with Crippen LogP contribution >= 0.6 is 0 Å². The molecule has 1 heterocycles. The lowest BCUT2D eigenvalue weighted by molar-refractivity contribution is -0.127. The van der Waals surface area contributed by atoms with Crippen LogP contribution in [0.2, 0.25) is 0 Å². The molecule has 2 N–H and O–H groups in total. The second kappa shape index (κ2) is 5.75. The number of carbonyl (C=O) groups is 1. The number of rotatable bonds is 5. The van der Waals surface area contributed by atoms with Crippen molar-refractivity contribution in [1.29, 1.82) is 0 Å². The largest absolute Gasteiger partial charge is 0.394 e. The Bertz CT molecular complexity index is 424. The Hall–Kier alpha value is -1.72. The number of carbonyl (C=O) groups excluding carboxylic acids is 1. The number of amides is 1. The molecule has 102 valence electrons. The van der Waals surface area contributed by atoms with Gasteiger partial charge in [0.25, 0.3) is 0 Å². The molecule has 1 amide bonds. The van der Waals surface area contributed by atoms with Gasteiger partial charge >= 0.3 is 0 Å². The molecule has 0 aliphatic heterocycles. The fraction of sp³-hybridized carbons (Fsp3) is 0.667. The first-order chi connectivity index (χ1) is 8.42. The number of hydrogen-bond acceptors (Lipinski definition) is 4. The van der Waals surface area contributed by atoms with Gasteiger partial charge in [-0.2, -0.15) is 5.10 Å². The van der Waals surface area contributed by atoms with Crippen LogP contribution in [0.15, 0.2) is 0 Å². The van der Waals surface area contributed by atoms with Crippen molar-refractivity contribution < 1.29 is 4.79 Å². The average molecular weight is 253 g/mol. The minimum absolute atomic E-state index is 0.0535. The molecular weight excluding hydrogens is 230 g/mol. The van der Waals surface area contributed by atoms with Crippen molar-refractivity contribution in [2.45, 2.75) is 27.3 Å². The van der Waals surface area contributed by atoms with E-state index in [1.807, 2.05) is 30.4 Å². The number of aryl methyl sites for hydroxylation is 2. The van der Waals surface area contributed by atoms with Crippen LogP contribution in [0.25, 0.3) is 0 Å². The van der Waals surface area contributed by atoms with E-state index in [1.54, 1.807) is 19.0 Å². The molecule has 0 saturated heterocycles. The van der Waals surface area contributed by atoms with Gasteiger partial charge in [0.15, 0.2) is 5.82 Å². The van der Waals surface area contributed by atoms with E-state index in [0.29, 0.717) is 12.2 Å². The molecule has 1 aromatic rings. The topological polar surface area (TPSA) is 67.4 Å². The zero-order chi connectivity index (χ0) is 13.9. The maximum Gasteiger partial charge on any atom is 0.241 e. The molecule has 0 saturated carbocycles. The summed E-state index contributed by atoms with van der Waals surface area (Å²) in [6.45, 7) is 7.67. The van der Waals surface area contributed by atoms with E-state index in [-0.39, 0.29) is 5.91 Å². The highest BCUT2D eigenvalue weighted by molar-refractivity contribution is 5.82. The summed E-state index contributed by atoms with van der Waals surface area (Å²) in [5.41, 5.74) is 7.52. The van der Waals surface area contributed by atoms with E-state index in [1.165, 1.54) is 0 Å². The first-order valence-corrected chi connectivity index (χ1v) is 6.20. The lowest BCUT2D eigenvalue weighted by atomic mass is 10.3. The number of aromatic nitrogens is 2. The standard InChI is InChI=1S/C12H23N5O/c1-6-16(8-10(18)15(4)5)12-11(13)9(3)14-17(12)7-2/h6-8,13H2,1-5H3. The van der Waals surface area contributed by atoms with Gasteiger partial charge in [-0.05, 0) is 20.8 Å². The zero-order valence-electron chi connectivity index (χ0n) is 11.9. The Morgan fingerprint density at radius 1 is 1.39 bits per heavy atom. The summed E-state index contributed by atoms with van der Waals surface area (Å²) in [6.07, 6.45) is 0. The third-order valence-electron chi connectivity index (χ3n) is 2.95. The van der Waals surface area contributed by atoms with E-state index in [0.717, 1.165) is 24.6 Å². The van der Waals surface area contributed by atoms with E-state index >= 15 is 0 Å². The van der Waals surface area contributed by atoms with Gasteiger partial charge in [-0.15, -0.1) is 0 Å². The lowest BCUT2D eigenvalue weighted by Gasteiger charge is -2.25. The Kier molecular flexibility index (Phi) is 4.58. The molecule has 0 spiro atoms. The third-order valence-corrected chi connectivity index (χ3v) is 2.95. The first-order valence-electron chi connectivity index (χ1n) is 6.20. The molecule has 0 aromatic carbocycles. The highest BCUT2D eigenvalue weighted by Crippen LogP contribution is 2.26.